The van der Waals surface area contributed by atoms with Crippen molar-refractivity contribution in [2.45, 2.75) is 18.4 Å². The van der Waals surface area contributed by atoms with Gasteiger partial charge in [-0.25, -0.2) is 12.8 Å². The van der Waals surface area contributed by atoms with Crippen LogP contribution in [0.1, 0.15) is 12.0 Å². The Morgan fingerprint density at radius 3 is 2.76 bits per heavy atom. The Morgan fingerprint density at radius 2 is 2.18 bits per heavy atom. The fraction of sp³-hybridized carbons (Fsp3) is 0.455. The van der Waals surface area contributed by atoms with E-state index in [2.05, 4.69) is 0 Å². The monoisotopic (exact) mass is 278 g/mol. The van der Waals surface area contributed by atoms with Crippen molar-refractivity contribution in [2.24, 2.45) is 0 Å². The third-order valence-electron chi connectivity index (χ3n) is 2.92. The molecule has 0 spiro atoms. The molecule has 1 unspecified atom stereocenters. The van der Waals surface area contributed by atoms with Crippen LogP contribution in [0.3, 0.4) is 0 Å². The average Bonchev–Trinajstić information content (AvgIpc) is 2.49. The zero-order valence-electron chi connectivity index (χ0n) is 8.99. The maximum absolute atomic E-state index is 13.6. The molecule has 2 rings (SSSR count). The molecule has 6 heteroatoms. The molecule has 3 nitrogen and oxygen atoms in total. The van der Waals surface area contributed by atoms with Gasteiger partial charge in [-0.3, -0.25) is 0 Å². The Morgan fingerprint density at radius 1 is 1.47 bits per heavy atom. The molecule has 94 valence electrons. The summed E-state index contributed by atoms with van der Waals surface area (Å²) in [7, 11) is -3.20. The number of halogens is 2. The van der Waals surface area contributed by atoms with E-state index in [9.17, 15) is 17.9 Å². The molecule has 1 saturated heterocycles. The molecule has 1 atom stereocenters. The molecule has 1 heterocycles. The van der Waals surface area contributed by atoms with Gasteiger partial charge in [-0.1, -0.05) is 23.7 Å². The first-order chi connectivity index (χ1) is 7.81. The summed E-state index contributed by atoms with van der Waals surface area (Å²) in [6, 6.07) is 4.49. The van der Waals surface area contributed by atoms with Crippen LogP contribution in [-0.4, -0.2) is 30.6 Å². The quantitative estimate of drug-likeness (QED) is 0.893. The molecule has 0 saturated carbocycles. The van der Waals surface area contributed by atoms with E-state index in [1.165, 1.54) is 12.1 Å². The van der Waals surface area contributed by atoms with Gasteiger partial charge in [0.2, 0.25) is 0 Å². The van der Waals surface area contributed by atoms with Gasteiger partial charge < -0.3 is 5.11 Å². The third kappa shape index (κ3) is 2.78. The van der Waals surface area contributed by atoms with Crippen LogP contribution in [0.15, 0.2) is 18.2 Å². The van der Waals surface area contributed by atoms with E-state index in [0.717, 1.165) is 0 Å². The molecule has 0 aliphatic carbocycles. The second-order valence-electron chi connectivity index (χ2n) is 4.46. The zero-order valence-corrected chi connectivity index (χ0v) is 10.6. The molecule has 0 bridgehead atoms. The fourth-order valence-electron chi connectivity index (χ4n) is 2.08. The molecule has 1 fully saturated rings. The summed E-state index contributed by atoms with van der Waals surface area (Å²) in [6.45, 7) is 0. The highest BCUT2D eigenvalue weighted by Crippen LogP contribution is 2.29. The van der Waals surface area contributed by atoms with Gasteiger partial charge in [-0.05, 0) is 18.1 Å². The van der Waals surface area contributed by atoms with Gasteiger partial charge in [-0.2, -0.15) is 0 Å². The molecule has 1 aromatic carbocycles. The maximum atomic E-state index is 13.6. The largest absolute Gasteiger partial charge is 0.388 e. The number of aliphatic hydroxyl groups is 1. The van der Waals surface area contributed by atoms with Crippen molar-refractivity contribution in [3.63, 3.8) is 0 Å². The lowest BCUT2D eigenvalue weighted by molar-refractivity contribution is 0.0673. The van der Waals surface area contributed by atoms with Crippen LogP contribution in [0.25, 0.3) is 0 Å². The van der Waals surface area contributed by atoms with Crippen LogP contribution in [0, 0.1) is 5.82 Å². The first kappa shape index (κ1) is 12.8. The standard InChI is InChI=1S/C11H12ClFO3S/c12-9-3-1-2-8(10(9)13)6-11(14)4-5-17(15,16)7-11/h1-3,14H,4-7H2. The van der Waals surface area contributed by atoms with E-state index in [4.69, 9.17) is 11.6 Å². The highest BCUT2D eigenvalue weighted by Gasteiger charge is 2.41. The Balaban J connectivity index is 2.25. The number of benzene rings is 1. The maximum Gasteiger partial charge on any atom is 0.153 e. The molecule has 17 heavy (non-hydrogen) atoms. The molecule has 1 N–H and O–H groups in total. The minimum absolute atomic E-state index is 0.0213. The van der Waals surface area contributed by atoms with E-state index >= 15 is 0 Å². The summed E-state index contributed by atoms with van der Waals surface area (Å²) in [5.74, 6) is -0.954. The second-order valence-corrected chi connectivity index (χ2v) is 7.05. The van der Waals surface area contributed by atoms with E-state index in [0.29, 0.717) is 0 Å². The van der Waals surface area contributed by atoms with Crippen LogP contribution in [0.4, 0.5) is 4.39 Å². The molecule has 1 aliphatic rings. The molecular weight excluding hydrogens is 267 g/mol. The van der Waals surface area contributed by atoms with Crippen molar-refractivity contribution >= 4 is 21.4 Å². The lowest BCUT2D eigenvalue weighted by atomic mass is 9.94. The van der Waals surface area contributed by atoms with Gasteiger partial charge in [0, 0.05) is 6.42 Å². The van der Waals surface area contributed by atoms with E-state index < -0.39 is 21.3 Å². The van der Waals surface area contributed by atoms with Crippen molar-refractivity contribution in [1.29, 1.82) is 0 Å². The van der Waals surface area contributed by atoms with E-state index in [1.54, 1.807) is 6.07 Å². The van der Waals surface area contributed by atoms with Crippen molar-refractivity contribution in [2.75, 3.05) is 11.5 Å². The fourth-order valence-corrected chi connectivity index (χ4v) is 4.17. The Bertz CT molecular complexity index is 544. The summed E-state index contributed by atoms with van der Waals surface area (Å²) >= 11 is 5.63. The minimum atomic E-state index is -3.20. The van der Waals surface area contributed by atoms with Crippen molar-refractivity contribution in [3.8, 4) is 0 Å². The smallest absolute Gasteiger partial charge is 0.153 e. The lowest BCUT2D eigenvalue weighted by Gasteiger charge is -2.20. The summed E-state index contributed by atoms with van der Waals surface area (Å²) in [5, 5.41) is 10.1. The third-order valence-corrected chi connectivity index (χ3v) is 5.01. The molecule has 0 radical (unpaired) electrons. The predicted molar refractivity (Wildman–Crippen MR) is 63.3 cm³/mol. The average molecular weight is 279 g/mol. The minimum Gasteiger partial charge on any atom is -0.388 e. The predicted octanol–water partition coefficient (Wildman–Crippen LogP) is 1.57. The number of hydrogen-bond acceptors (Lipinski definition) is 3. The number of sulfone groups is 1. The van der Waals surface area contributed by atoms with Crippen LogP contribution in [0.5, 0.6) is 0 Å². The lowest BCUT2D eigenvalue weighted by Crippen LogP contribution is -2.33. The summed E-state index contributed by atoms with van der Waals surface area (Å²) in [4.78, 5) is 0. The summed E-state index contributed by atoms with van der Waals surface area (Å²) < 4.78 is 36.2. The zero-order chi connectivity index (χ0) is 12.7. The Kier molecular flexibility index (Phi) is 3.18. The summed E-state index contributed by atoms with van der Waals surface area (Å²) in [5.41, 5.74) is -1.12. The molecule has 0 amide bonds. The van der Waals surface area contributed by atoms with Crippen LogP contribution < -0.4 is 0 Å². The Hall–Kier alpha value is -0.650. The van der Waals surface area contributed by atoms with Crippen LogP contribution >= 0.6 is 11.6 Å². The van der Waals surface area contributed by atoms with Gasteiger partial charge >= 0.3 is 0 Å². The normalized spacial score (nSPS) is 27.2. The molecule has 1 aromatic rings. The number of rotatable bonds is 2. The highest BCUT2D eigenvalue weighted by molar-refractivity contribution is 7.91. The van der Waals surface area contributed by atoms with E-state index in [-0.39, 0.29) is 34.9 Å². The molecule has 1 aliphatic heterocycles. The van der Waals surface area contributed by atoms with E-state index in [1.807, 2.05) is 0 Å². The molecular formula is C11H12ClFO3S. The van der Waals surface area contributed by atoms with Gasteiger partial charge in [0.15, 0.2) is 9.84 Å². The van der Waals surface area contributed by atoms with Gasteiger partial charge in [-0.15, -0.1) is 0 Å². The SMILES string of the molecule is O=S1(=O)CCC(O)(Cc2cccc(Cl)c2F)C1. The second kappa shape index (κ2) is 4.23. The van der Waals surface area contributed by atoms with Crippen LogP contribution in [0.2, 0.25) is 5.02 Å². The Labute approximate surface area is 104 Å². The van der Waals surface area contributed by atoms with Crippen molar-refractivity contribution in [1.82, 2.24) is 0 Å². The molecule has 0 aromatic heterocycles. The summed E-state index contributed by atoms with van der Waals surface area (Å²) in [6.07, 6.45) is 0.111. The van der Waals surface area contributed by atoms with Crippen LogP contribution in [-0.2, 0) is 16.3 Å². The van der Waals surface area contributed by atoms with Gasteiger partial charge in [0.05, 0.1) is 22.1 Å². The first-order valence-electron chi connectivity index (χ1n) is 5.17. The topological polar surface area (TPSA) is 54.4 Å². The number of hydrogen-bond donors (Lipinski definition) is 1. The van der Waals surface area contributed by atoms with Gasteiger partial charge in [0.25, 0.3) is 0 Å². The highest BCUT2D eigenvalue weighted by atomic mass is 35.5. The van der Waals surface area contributed by atoms with Crippen molar-refractivity contribution < 1.29 is 17.9 Å². The first-order valence-corrected chi connectivity index (χ1v) is 7.37. The van der Waals surface area contributed by atoms with Gasteiger partial charge in [0.1, 0.15) is 5.82 Å². The van der Waals surface area contributed by atoms with Crippen molar-refractivity contribution in [3.05, 3.63) is 34.6 Å².